The highest BCUT2D eigenvalue weighted by atomic mass is 35.5. The molecule has 0 saturated heterocycles. The Morgan fingerprint density at radius 2 is 1.93 bits per heavy atom. The Balaban J connectivity index is 1.59. The van der Waals surface area contributed by atoms with Crippen LogP contribution < -0.4 is 15.4 Å². The number of halogens is 1. The molecule has 0 bridgehead atoms. The summed E-state index contributed by atoms with van der Waals surface area (Å²) in [6.07, 6.45) is 0.212. The van der Waals surface area contributed by atoms with E-state index in [1.807, 2.05) is 12.1 Å². The minimum Gasteiger partial charge on any atom is -0.497 e. The minimum atomic E-state index is -0.361. The molecule has 3 aromatic rings. The first-order valence-corrected chi connectivity index (χ1v) is 8.88. The summed E-state index contributed by atoms with van der Waals surface area (Å²) in [5, 5.41) is 10.3. The van der Waals surface area contributed by atoms with Crippen molar-refractivity contribution >= 4 is 35.3 Å². The van der Waals surface area contributed by atoms with E-state index in [0.717, 1.165) is 5.56 Å². The predicted molar refractivity (Wildman–Crippen MR) is 104 cm³/mol. The van der Waals surface area contributed by atoms with Crippen LogP contribution in [0.25, 0.3) is 0 Å². The molecule has 9 heteroatoms. The van der Waals surface area contributed by atoms with E-state index in [9.17, 15) is 9.59 Å². The number of fused-ring (bicyclic) bond motifs is 1. The molecular formula is C19H16ClN5O3. The fraction of sp³-hybridized carbons (Fsp3) is 0.158. The number of anilines is 2. The molecule has 142 valence electrons. The molecule has 0 spiro atoms. The first kappa shape index (κ1) is 18.0. The van der Waals surface area contributed by atoms with Gasteiger partial charge < -0.3 is 4.74 Å². The maximum atomic E-state index is 12.4. The van der Waals surface area contributed by atoms with Crippen LogP contribution >= 0.6 is 11.6 Å². The number of hydrogen-bond donors (Lipinski definition) is 2. The highest BCUT2D eigenvalue weighted by Gasteiger charge is 2.29. The highest BCUT2D eigenvalue weighted by Crippen LogP contribution is 2.30. The third-order valence-corrected chi connectivity index (χ3v) is 4.64. The van der Waals surface area contributed by atoms with Crippen LogP contribution in [0.4, 0.5) is 11.9 Å². The molecule has 0 aliphatic carbocycles. The van der Waals surface area contributed by atoms with Gasteiger partial charge in [-0.25, -0.2) is 4.68 Å². The summed E-state index contributed by atoms with van der Waals surface area (Å²) in [6.45, 7) is 0. The fourth-order valence-electron chi connectivity index (χ4n) is 2.98. The molecule has 8 nitrogen and oxygen atoms in total. The van der Waals surface area contributed by atoms with Gasteiger partial charge >= 0.3 is 0 Å². The molecule has 0 radical (unpaired) electrons. The lowest BCUT2D eigenvalue weighted by Gasteiger charge is -2.23. The van der Waals surface area contributed by atoms with Gasteiger partial charge in [0.15, 0.2) is 0 Å². The van der Waals surface area contributed by atoms with E-state index in [0.29, 0.717) is 16.3 Å². The van der Waals surface area contributed by atoms with Gasteiger partial charge in [0.2, 0.25) is 11.9 Å². The molecule has 1 aromatic heterocycles. The number of aromatic nitrogens is 3. The lowest BCUT2D eigenvalue weighted by atomic mass is 10.0. The number of carbonyl (C=O) groups is 2. The lowest BCUT2D eigenvalue weighted by Crippen LogP contribution is -2.29. The van der Waals surface area contributed by atoms with Crippen molar-refractivity contribution < 1.29 is 14.3 Å². The smallest absolute Gasteiger partial charge is 0.258 e. The van der Waals surface area contributed by atoms with Crippen molar-refractivity contribution in [2.75, 3.05) is 17.7 Å². The average molecular weight is 398 g/mol. The van der Waals surface area contributed by atoms with Gasteiger partial charge in [0.05, 0.1) is 19.6 Å². The Morgan fingerprint density at radius 3 is 2.61 bits per heavy atom. The summed E-state index contributed by atoms with van der Waals surface area (Å²) in [5.41, 5.74) is 1.31. The van der Waals surface area contributed by atoms with E-state index >= 15 is 0 Å². The van der Waals surface area contributed by atoms with E-state index in [-0.39, 0.29) is 36.2 Å². The number of benzene rings is 2. The van der Waals surface area contributed by atoms with Gasteiger partial charge in [0.1, 0.15) is 5.75 Å². The fourth-order valence-corrected chi connectivity index (χ4v) is 3.10. The second kappa shape index (κ2) is 7.32. The van der Waals surface area contributed by atoms with Gasteiger partial charge in [0, 0.05) is 10.6 Å². The van der Waals surface area contributed by atoms with Crippen molar-refractivity contribution in [1.82, 2.24) is 14.8 Å². The van der Waals surface area contributed by atoms with Crippen molar-refractivity contribution in [3.8, 4) is 5.75 Å². The van der Waals surface area contributed by atoms with Crippen LogP contribution in [0.5, 0.6) is 5.75 Å². The van der Waals surface area contributed by atoms with Crippen molar-refractivity contribution in [2.24, 2.45) is 0 Å². The summed E-state index contributed by atoms with van der Waals surface area (Å²) >= 11 is 5.95. The van der Waals surface area contributed by atoms with Crippen molar-refractivity contribution in [1.29, 1.82) is 0 Å². The summed E-state index contributed by atoms with van der Waals surface area (Å²) in [5.74, 6) is 0.506. The molecular weight excluding hydrogens is 382 g/mol. The molecule has 2 amide bonds. The second-order valence-electron chi connectivity index (χ2n) is 6.21. The third kappa shape index (κ3) is 3.54. The van der Waals surface area contributed by atoms with Crippen molar-refractivity contribution in [2.45, 2.75) is 12.5 Å². The van der Waals surface area contributed by atoms with Crippen LogP contribution in [0.3, 0.4) is 0 Å². The summed E-state index contributed by atoms with van der Waals surface area (Å²) in [4.78, 5) is 28.7. The zero-order chi connectivity index (χ0) is 19.7. The maximum Gasteiger partial charge on any atom is 0.258 e. The molecule has 2 aromatic carbocycles. The van der Waals surface area contributed by atoms with E-state index in [2.05, 4.69) is 20.7 Å². The van der Waals surface area contributed by atoms with E-state index in [1.54, 1.807) is 48.2 Å². The topological polar surface area (TPSA) is 98.1 Å². The number of hydrogen-bond acceptors (Lipinski definition) is 5. The van der Waals surface area contributed by atoms with Gasteiger partial charge in [-0.3, -0.25) is 20.2 Å². The first-order valence-electron chi connectivity index (χ1n) is 8.51. The molecule has 28 heavy (non-hydrogen) atoms. The zero-order valence-corrected chi connectivity index (χ0v) is 15.6. The Kier molecular flexibility index (Phi) is 4.70. The van der Waals surface area contributed by atoms with Gasteiger partial charge in [-0.15, -0.1) is 5.10 Å². The Labute approximate surface area is 165 Å². The monoisotopic (exact) mass is 397 g/mol. The number of nitrogens with zero attached hydrogens (tertiary/aromatic N) is 3. The van der Waals surface area contributed by atoms with Crippen molar-refractivity contribution in [3.63, 3.8) is 0 Å². The van der Waals surface area contributed by atoms with Crippen LogP contribution in [0, 0.1) is 0 Å². The molecule has 0 saturated carbocycles. The van der Waals surface area contributed by atoms with E-state index in [4.69, 9.17) is 16.3 Å². The summed E-state index contributed by atoms with van der Waals surface area (Å²) < 4.78 is 6.68. The molecule has 1 aliphatic heterocycles. The van der Waals surface area contributed by atoms with Gasteiger partial charge in [0.25, 0.3) is 11.9 Å². The van der Waals surface area contributed by atoms with Crippen LogP contribution in [0.2, 0.25) is 5.02 Å². The zero-order valence-electron chi connectivity index (χ0n) is 14.8. The van der Waals surface area contributed by atoms with Crippen LogP contribution in [-0.2, 0) is 4.79 Å². The molecule has 2 heterocycles. The molecule has 0 fully saturated rings. The van der Waals surface area contributed by atoms with Gasteiger partial charge in [-0.2, -0.15) is 4.98 Å². The maximum absolute atomic E-state index is 12.4. The number of amides is 2. The SMILES string of the molecule is COc1ccc(C(=O)Nc2nc3n(n2)[C@H](c2ccc(Cl)cc2)CC(=O)N3)cc1. The normalized spacial score (nSPS) is 15.5. The lowest BCUT2D eigenvalue weighted by molar-refractivity contribution is -0.117. The molecule has 1 atom stereocenters. The van der Waals surface area contributed by atoms with Crippen LogP contribution in [-0.4, -0.2) is 33.7 Å². The Morgan fingerprint density at radius 1 is 1.21 bits per heavy atom. The summed E-state index contributed by atoms with van der Waals surface area (Å²) in [6, 6.07) is 13.5. The third-order valence-electron chi connectivity index (χ3n) is 4.39. The quantitative estimate of drug-likeness (QED) is 0.704. The first-order chi connectivity index (χ1) is 13.5. The van der Waals surface area contributed by atoms with Crippen LogP contribution in [0.15, 0.2) is 48.5 Å². The standard InChI is InChI=1S/C19H16ClN5O3/c1-28-14-8-4-12(5-9-14)17(27)22-18-23-19-21-16(26)10-15(25(19)24-18)11-2-6-13(20)7-3-11/h2-9,15H,10H2,1H3,(H2,21,22,23,24,26,27)/t15-/m0/s1. The minimum absolute atomic E-state index is 0.108. The van der Waals surface area contributed by atoms with E-state index < -0.39 is 0 Å². The number of rotatable bonds is 4. The molecule has 0 unspecified atom stereocenters. The van der Waals surface area contributed by atoms with E-state index in [1.165, 1.54) is 0 Å². The van der Waals surface area contributed by atoms with Gasteiger partial charge in [-0.1, -0.05) is 23.7 Å². The largest absolute Gasteiger partial charge is 0.497 e. The number of ether oxygens (including phenoxy) is 1. The molecule has 4 rings (SSSR count). The molecule has 1 aliphatic rings. The Hall–Kier alpha value is -3.39. The second-order valence-corrected chi connectivity index (χ2v) is 6.64. The number of carbonyl (C=O) groups excluding carboxylic acids is 2. The Bertz CT molecular complexity index is 1030. The van der Waals surface area contributed by atoms with Crippen LogP contribution in [0.1, 0.15) is 28.4 Å². The molecule has 2 N–H and O–H groups in total. The summed E-state index contributed by atoms with van der Waals surface area (Å²) in [7, 11) is 1.56. The average Bonchev–Trinajstić information content (AvgIpc) is 3.10. The predicted octanol–water partition coefficient (Wildman–Crippen LogP) is 3.12. The van der Waals surface area contributed by atoms with Crippen molar-refractivity contribution in [3.05, 3.63) is 64.7 Å². The number of methoxy groups -OCH3 is 1. The number of nitrogens with one attached hydrogen (secondary N) is 2. The van der Waals surface area contributed by atoms with Gasteiger partial charge in [-0.05, 0) is 42.0 Å². The highest BCUT2D eigenvalue weighted by molar-refractivity contribution is 6.30.